The fourth-order valence-corrected chi connectivity index (χ4v) is 4.21. The Hall–Kier alpha value is -2.34. The molecule has 5 nitrogen and oxygen atoms in total. The van der Waals surface area contributed by atoms with Gasteiger partial charge in [0, 0.05) is 10.6 Å². The number of benzene rings is 1. The number of hydrogen-bond donors (Lipinski definition) is 2. The molecule has 0 atom stereocenters. The maximum absolute atomic E-state index is 12.9. The van der Waals surface area contributed by atoms with Crippen LogP contribution in [-0.2, 0) is 17.6 Å². The number of carbonyl (C=O) groups excluding carboxylic acids is 2. The van der Waals surface area contributed by atoms with Crippen molar-refractivity contribution in [1.29, 1.82) is 0 Å². The molecule has 1 aliphatic carbocycles. The molecule has 6 heteroatoms. The number of hydrogen-bond acceptors (Lipinski definition) is 4. The summed E-state index contributed by atoms with van der Waals surface area (Å²) in [5.74, 6) is -0.185. The van der Waals surface area contributed by atoms with Crippen LogP contribution in [0.15, 0.2) is 24.3 Å². The van der Waals surface area contributed by atoms with Gasteiger partial charge < -0.3 is 10.1 Å². The number of ether oxygens (including phenoxy) is 1. The number of nitrogens with one attached hydrogen (secondary N) is 2. The Balaban J connectivity index is 1.95. The Labute approximate surface area is 145 Å². The third-order valence-electron chi connectivity index (χ3n) is 4.19. The highest BCUT2D eigenvalue weighted by molar-refractivity contribution is 7.17. The third kappa shape index (κ3) is 3.28. The van der Waals surface area contributed by atoms with Gasteiger partial charge in [-0.3, -0.25) is 10.1 Å². The zero-order valence-corrected chi connectivity index (χ0v) is 14.6. The molecule has 2 N–H and O–H groups in total. The Bertz CT molecular complexity index is 783. The second-order valence-corrected chi connectivity index (χ2v) is 6.91. The summed E-state index contributed by atoms with van der Waals surface area (Å²) in [7, 11) is 1.32. The first kappa shape index (κ1) is 16.5. The zero-order valence-electron chi connectivity index (χ0n) is 13.8. The lowest BCUT2D eigenvalue weighted by atomic mass is 9.95. The summed E-state index contributed by atoms with van der Waals surface area (Å²) < 4.78 is 4.68. The van der Waals surface area contributed by atoms with E-state index < -0.39 is 6.09 Å². The van der Waals surface area contributed by atoms with Crippen molar-refractivity contribution in [3.63, 3.8) is 0 Å². The molecule has 0 spiro atoms. The molecule has 24 heavy (non-hydrogen) atoms. The topological polar surface area (TPSA) is 67.4 Å². The first-order chi connectivity index (χ1) is 11.6. The van der Waals surface area contributed by atoms with E-state index in [2.05, 4.69) is 15.4 Å². The minimum Gasteiger partial charge on any atom is -0.453 e. The van der Waals surface area contributed by atoms with Crippen LogP contribution in [0.5, 0.6) is 0 Å². The predicted molar refractivity (Wildman–Crippen MR) is 96.1 cm³/mol. The van der Waals surface area contributed by atoms with Gasteiger partial charge in [-0.05, 0) is 49.8 Å². The van der Waals surface area contributed by atoms with E-state index in [1.54, 1.807) is 0 Å². The minimum atomic E-state index is -0.557. The average Bonchev–Trinajstić information content (AvgIpc) is 2.94. The van der Waals surface area contributed by atoms with Crippen LogP contribution in [-0.4, -0.2) is 19.1 Å². The molecule has 126 valence electrons. The Morgan fingerprint density at radius 3 is 2.62 bits per heavy atom. The average molecular weight is 344 g/mol. The Morgan fingerprint density at radius 1 is 1.12 bits per heavy atom. The fraction of sp³-hybridized carbons (Fsp3) is 0.333. The number of aryl methyl sites for hydroxylation is 2. The van der Waals surface area contributed by atoms with Gasteiger partial charge in [-0.15, -0.1) is 11.3 Å². The minimum absolute atomic E-state index is 0.185. The van der Waals surface area contributed by atoms with Crippen molar-refractivity contribution < 1.29 is 14.3 Å². The van der Waals surface area contributed by atoms with Gasteiger partial charge in [-0.1, -0.05) is 18.2 Å². The van der Waals surface area contributed by atoms with Gasteiger partial charge in [0.25, 0.3) is 5.91 Å². The monoisotopic (exact) mass is 344 g/mol. The number of methoxy groups -OCH3 is 1. The molecule has 1 heterocycles. The van der Waals surface area contributed by atoms with Crippen LogP contribution in [0, 0.1) is 6.92 Å². The van der Waals surface area contributed by atoms with Crippen LogP contribution in [0.2, 0.25) is 0 Å². The third-order valence-corrected chi connectivity index (χ3v) is 5.40. The van der Waals surface area contributed by atoms with Crippen LogP contribution in [0.25, 0.3) is 0 Å². The van der Waals surface area contributed by atoms with Crippen molar-refractivity contribution in [2.45, 2.75) is 32.6 Å². The van der Waals surface area contributed by atoms with E-state index in [9.17, 15) is 9.59 Å². The van der Waals surface area contributed by atoms with Gasteiger partial charge in [0.05, 0.1) is 12.7 Å². The molecule has 2 aromatic rings. The van der Waals surface area contributed by atoms with Crippen molar-refractivity contribution in [2.24, 2.45) is 0 Å². The zero-order chi connectivity index (χ0) is 17.1. The summed E-state index contributed by atoms with van der Waals surface area (Å²) in [5.41, 5.74) is 3.41. The SMILES string of the molecule is COC(=O)Nc1sc2c(c1C(=O)Nc1ccccc1C)CCCC2. The maximum Gasteiger partial charge on any atom is 0.411 e. The molecule has 1 aliphatic rings. The van der Waals surface area contributed by atoms with E-state index in [-0.39, 0.29) is 5.91 Å². The van der Waals surface area contributed by atoms with Crippen molar-refractivity contribution in [3.05, 3.63) is 45.8 Å². The van der Waals surface area contributed by atoms with Crippen LogP contribution in [0.4, 0.5) is 15.5 Å². The molecule has 0 unspecified atom stereocenters. The quantitative estimate of drug-likeness (QED) is 0.869. The van der Waals surface area contributed by atoms with Crippen molar-refractivity contribution in [2.75, 3.05) is 17.7 Å². The van der Waals surface area contributed by atoms with Gasteiger partial charge in [-0.25, -0.2) is 4.79 Å². The summed E-state index contributed by atoms with van der Waals surface area (Å²) in [6.07, 6.45) is 3.44. The van der Waals surface area contributed by atoms with Crippen molar-refractivity contribution >= 4 is 34.0 Å². The fourth-order valence-electron chi connectivity index (χ4n) is 2.94. The maximum atomic E-state index is 12.9. The summed E-state index contributed by atoms with van der Waals surface area (Å²) in [4.78, 5) is 25.7. The molecule has 3 rings (SSSR count). The highest BCUT2D eigenvalue weighted by atomic mass is 32.1. The highest BCUT2D eigenvalue weighted by Gasteiger charge is 2.26. The van der Waals surface area contributed by atoms with Crippen molar-refractivity contribution in [1.82, 2.24) is 0 Å². The van der Waals surface area contributed by atoms with E-state index >= 15 is 0 Å². The molecule has 0 saturated heterocycles. The summed E-state index contributed by atoms with van der Waals surface area (Å²) in [6.45, 7) is 1.95. The number of carbonyl (C=O) groups is 2. The summed E-state index contributed by atoms with van der Waals surface area (Å²) in [6, 6.07) is 7.65. The first-order valence-corrected chi connectivity index (χ1v) is 8.78. The van der Waals surface area contributed by atoms with Crippen molar-refractivity contribution in [3.8, 4) is 0 Å². The first-order valence-electron chi connectivity index (χ1n) is 7.96. The van der Waals surface area contributed by atoms with E-state index in [0.717, 1.165) is 42.5 Å². The predicted octanol–water partition coefficient (Wildman–Crippen LogP) is 4.37. The lowest BCUT2D eigenvalue weighted by Gasteiger charge is -2.14. The van der Waals surface area contributed by atoms with Gasteiger partial charge in [0.2, 0.25) is 0 Å². The molecule has 1 aromatic carbocycles. The Kier molecular flexibility index (Phi) is 4.85. The summed E-state index contributed by atoms with van der Waals surface area (Å²) >= 11 is 1.48. The number of anilines is 2. The molecule has 0 fully saturated rings. The Morgan fingerprint density at radius 2 is 1.88 bits per heavy atom. The summed E-state index contributed by atoms with van der Waals surface area (Å²) in [5, 5.41) is 6.23. The van der Waals surface area contributed by atoms with Gasteiger partial charge in [-0.2, -0.15) is 0 Å². The molecule has 0 bridgehead atoms. The molecular weight excluding hydrogens is 324 g/mol. The second-order valence-electron chi connectivity index (χ2n) is 5.80. The number of para-hydroxylation sites is 1. The van der Waals surface area contributed by atoms with E-state index in [0.29, 0.717) is 10.6 Å². The highest BCUT2D eigenvalue weighted by Crippen LogP contribution is 2.38. The van der Waals surface area contributed by atoms with E-state index in [1.165, 1.54) is 23.3 Å². The van der Waals surface area contributed by atoms with Gasteiger partial charge in [0.15, 0.2) is 0 Å². The number of thiophene rings is 1. The lowest BCUT2D eigenvalue weighted by Crippen LogP contribution is -2.18. The van der Waals surface area contributed by atoms with Gasteiger partial charge in [0.1, 0.15) is 5.00 Å². The van der Waals surface area contributed by atoms with Crippen LogP contribution >= 0.6 is 11.3 Å². The van der Waals surface area contributed by atoms with Crippen LogP contribution in [0.1, 0.15) is 39.2 Å². The number of amides is 2. The molecule has 0 aliphatic heterocycles. The smallest absolute Gasteiger partial charge is 0.411 e. The molecular formula is C18H20N2O3S. The van der Waals surface area contributed by atoms with E-state index in [4.69, 9.17) is 0 Å². The molecule has 0 saturated carbocycles. The largest absolute Gasteiger partial charge is 0.453 e. The lowest BCUT2D eigenvalue weighted by molar-refractivity contribution is 0.102. The van der Waals surface area contributed by atoms with E-state index in [1.807, 2.05) is 31.2 Å². The van der Waals surface area contributed by atoms with Crippen LogP contribution < -0.4 is 10.6 Å². The normalized spacial score (nSPS) is 13.1. The number of fused-ring (bicyclic) bond motifs is 1. The molecule has 1 aromatic heterocycles. The molecule has 0 radical (unpaired) electrons. The van der Waals surface area contributed by atoms with Gasteiger partial charge >= 0.3 is 6.09 Å². The van der Waals surface area contributed by atoms with Crippen LogP contribution in [0.3, 0.4) is 0 Å². The molecule has 2 amide bonds. The number of rotatable bonds is 3. The standard InChI is InChI=1S/C18H20N2O3S/c1-11-7-3-5-9-13(11)19-16(21)15-12-8-4-6-10-14(12)24-17(15)20-18(22)23-2/h3,5,7,9H,4,6,8,10H2,1-2H3,(H,19,21)(H,20,22). The second kappa shape index (κ2) is 7.05.